The molecule has 26 nitrogen and oxygen atoms in total. The van der Waals surface area contributed by atoms with E-state index in [-0.39, 0.29) is 0 Å². The molecule has 2 aliphatic carbocycles. The van der Waals surface area contributed by atoms with Gasteiger partial charge in [-0.1, -0.05) is 236 Å². The third-order valence-electron chi connectivity index (χ3n) is 25.1. The summed E-state index contributed by atoms with van der Waals surface area (Å²) in [5, 5.41) is 30.2. The summed E-state index contributed by atoms with van der Waals surface area (Å²) in [5.74, 6) is 4.48. The molecule has 2 saturated carbocycles. The van der Waals surface area contributed by atoms with Crippen LogP contribution in [0.2, 0.25) is 0 Å². The second-order valence-corrected chi connectivity index (χ2v) is 41.1. The van der Waals surface area contributed by atoms with E-state index in [4.69, 9.17) is 86.0 Å². The lowest BCUT2D eigenvalue weighted by molar-refractivity contribution is 0.131. The second-order valence-electron chi connectivity index (χ2n) is 41.1. The van der Waals surface area contributed by atoms with Crippen molar-refractivity contribution in [1.82, 2.24) is 57.7 Å². The predicted molar refractivity (Wildman–Crippen MR) is 613 cm³/mol. The Morgan fingerprint density at radius 1 is 0.243 bits per heavy atom. The van der Waals surface area contributed by atoms with Gasteiger partial charge < -0.3 is 144 Å². The monoisotopic (exact) mass is 1950 g/mol. The summed E-state index contributed by atoms with van der Waals surface area (Å²) in [6, 6.07) is 2.08. The van der Waals surface area contributed by atoms with Gasteiger partial charge >= 0.3 is 0 Å². The van der Waals surface area contributed by atoms with E-state index in [9.17, 15) is 0 Å². The first kappa shape index (κ1) is 148. The average Bonchev–Trinajstić information content (AvgIpc) is 0.902. The Morgan fingerprint density at radius 3 is 0.757 bits per heavy atom. The molecule has 0 aromatic carbocycles. The van der Waals surface area contributed by atoms with Crippen molar-refractivity contribution in [3.8, 4) is 0 Å². The Hall–Kier alpha value is -1.04. The topological polar surface area (TPSA) is 505 Å². The lowest BCUT2D eigenvalue weighted by Crippen LogP contribution is -2.47. The maximum atomic E-state index is 5.93. The highest BCUT2D eigenvalue weighted by Crippen LogP contribution is 2.35. The molecule has 1 atom stereocenters. The van der Waals surface area contributed by atoms with E-state index >= 15 is 0 Å². The summed E-state index contributed by atoms with van der Waals surface area (Å²) in [5.41, 5.74) is 81.9. The Balaban J connectivity index is -0.000000271. The van der Waals surface area contributed by atoms with Gasteiger partial charge in [0.05, 0.1) is 0 Å². The summed E-state index contributed by atoms with van der Waals surface area (Å²) < 4.78 is 0. The van der Waals surface area contributed by atoms with Gasteiger partial charge in [0, 0.05) is 56.9 Å². The van der Waals surface area contributed by atoms with Gasteiger partial charge in [0.15, 0.2) is 0 Å². The summed E-state index contributed by atoms with van der Waals surface area (Å²) >= 11 is 0. The van der Waals surface area contributed by atoms with Crippen LogP contribution >= 0.6 is 0 Å². The Labute approximate surface area is 850 Å². The third-order valence-corrected chi connectivity index (χ3v) is 25.1. The fourth-order valence-electron chi connectivity index (χ4n) is 16.0. The number of hydrogen-bond donors (Lipinski definition) is 24. The smallest absolute Gasteiger partial charge is 0.0177 e. The van der Waals surface area contributed by atoms with Crippen molar-refractivity contribution in [3.05, 3.63) is 0 Å². The molecule has 4 rings (SSSR count). The van der Waals surface area contributed by atoms with Crippen molar-refractivity contribution in [2.45, 2.75) is 453 Å². The predicted octanol–water partition coefficient (Wildman–Crippen LogP) is 14.8. The Bertz CT molecular complexity index is 1810. The van der Waals surface area contributed by atoms with Crippen molar-refractivity contribution >= 4 is 0 Å². The maximum Gasteiger partial charge on any atom is 0.0177 e. The maximum absolute atomic E-state index is 5.93. The third kappa shape index (κ3) is 148. The Morgan fingerprint density at radius 2 is 0.500 bits per heavy atom. The molecule has 2 heterocycles. The van der Waals surface area contributed by atoms with E-state index in [1.54, 1.807) is 0 Å². The van der Waals surface area contributed by atoms with Crippen LogP contribution in [-0.4, -0.2) is 263 Å². The fourth-order valence-corrected chi connectivity index (χ4v) is 16.0. The fraction of sp³-hybridized carbons (Fsp3) is 1.00. The molecule has 0 aromatic rings. The molecule has 0 spiro atoms. The molecular weight excluding hydrogens is 1690 g/mol. The molecule has 0 amide bonds. The van der Waals surface area contributed by atoms with Gasteiger partial charge in [-0.15, -0.1) is 0 Å². The standard InChI is InChI=1S/2C15H33N.C13H26N2.C11H27N3.C10H24N4.C9H24N4.C9H23N3.C9H22N2.C9H21N.C6H17N3.C4H10N2/c1-14(2)11-9-7-5-6-8-10-12-16-13-15(3)4;1-3-5-7-8-9-10-11-12-13-15-16-14-6-4-2;14-12-5-1-10(2-6-12)9-11-3-7-13(15)8-4-11;12-8-5-3-1-2-4-6-10-14-11-7-9-13;11-3-1-5-13-7-9-14(10-8-13)6-2-4-12;10-4-1-6-12-8-3-9-13-7-2-5-11;10-6-3-1-2-4-8-12-9-5-7-11;10-8-6-4-2-1-3-5-7-9-11;1-8(2)6-5-7-10-9(3)4;7-3-1-5-9-6-2-4-8;5-4-1-2-6-3-4/h14-16H,5-13H2,1-4H3;16H,3-15H2,1-2H3;10-13H,1-9,14-15H2;14H,1-13H2;1-12H2;12-13H,1-11H2;12H,1-11H2;1-11H2;8-10H,5-7H2,1-4H3;9H,1-8H2;4,6H,1-3,5H2. The lowest BCUT2D eigenvalue weighted by Gasteiger charge is -2.34. The average molecular weight is 1950 g/mol. The van der Waals surface area contributed by atoms with Gasteiger partial charge in [-0.25, -0.2) is 0 Å². The van der Waals surface area contributed by atoms with Gasteiger partial charge in [-0.05, 0) is 419 Å². The van der Waals surface area contributed by atoms with Crippen LogP contribution in [0.4, 0.5) is 0 Å². The van der Waals surface area contributed by atoms with Crippen molar-refractivity contribution in [1.29, 1.82) is 0 Å². The van der Waals surface area contributed by atoms with Crippen LogP contribution in [0.25, 0.3) is 0 Å². The molecule has 1 unspecified atom stereocenters. The first-order chi connectivity index (χ1) is 66.2. The number of unbranched alkanes of at least 4 members (excludes halogenated alkanes) is 28. The number of rotatable bonds is 81. The van der Waals surface area contributed by atoms with Crippen LogP contribution in [-0.2, 0) is 0 Å². The molecule has 2 saturated heterocycles. The van der Waals surface area contributed by atoms with Gasteiger partial charge in [0.25, 0.3) is 0 Å². The summed E-state index contributed by atoms with van der Waals surface area (Å²) in [6.45, 7) is 58.3. The van der Waals surface area contributed by atoms with Crippen LogP contribution in [0.3, 0.4) is 0 Å². The minimum atomic E-state index is 0.435. The van der Waals surface area contributed by atoms with Gasteiger partial charge in [-0.2, -0.15) is 0 Å². The van der Waals surface area contributed by atoms with Crippen LogP contribution in [0.5, 0.6) is 0 Å². The van der Waals surface area contributed by atoms with E-state index < -0.39 is 0 Å². The lowest BCUT2D eigenvalue weighted by atomic mass is 9.76. The zero-order valence-electron chi connectivity index (χ0n) is 93.6. The molecule has 0 aromatic heterocycles. The van der Waals surface area contributed by atoms with E-state index in [0.29, 0.717) is 24.2 Å². The zero-order chi connectivity index (χ0) is 102. The summed E-state index contributed by atoms with van der Waals surface area (Å²) in [7, 11) is 0. The quantitative estimate of drug-likeness (QED) is 0.0251. The molecule has 0 bridgehead atoms. The van der Waals surface area contributed by atoms with Crippen LogP contribution in [0.1, 0.15) is 429 Å². The largest absolute Gasteiger partial charge is 0.330 e. The number of piperazine rings is 1. The molecule has 830 valence electrons. The molecule has 2 aliphatic heterocycles. The molecule has 4 fully saturated rings. The van der Waals surface area contributed by atoms with Crippen LogP contribution in [0.15, 0.2) is 0 Å². The minimum absolute atomic E-state index is 0.435. The van der Waals surface area contributed by atoms with E-state index in [1.165, 1.54) is 374 Å². The van der Waals surface area contributed by atoms with Crippen molar-refractivity contribution < 1.29 is 0 Å². The summed E-state index contributed by atoms with van der Waals surface area (Å²) in [6.07, 6.45) is 73.1. The second kappa shape index (κ2) is 136. The SMILES string of the molecule is CC(C)CCCCCCCCNCC(C)C.CC(C)CCCNC(C)C.CCCCCCCCCCCNCCCC.NC1CCC(CC2CCC(N)CC2)CC1.NC1CCNC1.NCCCCCCCCCN.NCCCCCCCCNCCCN.NCCCCCCNCCCN.NCCCN1CCN(CCCN)CC1.NCCCNCCCN.NCCCNCCCNCCCN. The first-order valence-corrected chi connectivity index (χ1v) is 58.8. The van der Waals surface area contributed by atoms with E-state index in [1.807, 2.05) is 0 Å². The van der Waals surface area contributed by atoms with E-state index in [0.717, 1.165) is 244 Å². The van der Waals surface area contributed by atoms with Gasteiger partial charge in [-0.3, -0.25) is 0 Å². The van der Waals surface area contributed by atoms with Crippen molar-refractivity contribution in [2.24, 2.45) is 116 Å². The number of nitrogens with two attached hydrogens (primary N) is 15. The number of hydrogen-bond acceptors (Lipinski definition) is 26. The van der Waals surface area contributed by atoms with E-state index in [2.05, 4.69) is 127 Å². The highest BCUT2D eigenvalue weighted by Gasteiger charge is 2.25. The highest BCUT2D eigenvalue weighted by molar-refractivity contribution is 4.81. The van der Waals surface area contributed by atoms with Crippen LogP contribution < -0.4 is 134 Å². The normalized spacial score (nSPS) is 16.3. The molecular formula is C110H260N26. The molecule has 136 heavy (non-hydrogen) atoms. The van der Waals surface area contributed by atoms with Gasteiger partial charge in [0.2, 0.25) is 0 Å². The van der Waals surface area contributed by atoms with Crippen molar-refractivity contribution in [2.75, 3.05) is 229 Å². The first-order valence-electron chi connectivity index (χ1n) is 58.8. The molecule has 4 aliphatic rings. The van der Waals surface area contributed by atoms with Gasteiger partial charge in [0.1, 0.15) is 0 Å². The molecule has 39 N–H and O–H groups in total. The highest BCUT2D eigenvalue weighted by atomic mass is 15.3. The Kier molecular flexibility index (Phi) is 148. The molecule has 26 heteroatoms. The number of nitrogens with one attached hydrogen (secondary N) is 9. The molecule has 0 radical (unpaired) electrons. The summed E-state index contributed by atoms with van der Waals surface area (Å²) in [4.78, 5) is 5.01. The van der Waals surface area contributed by atoms with Crippen LogP contribution in [0, 0.1) is 29.6 Å². The number of nitrogens with zero attached hydrogens (tertiary/aromatic N) is 2. The minimum Gasteiger partial charge on any atom is -0.330 e. The zero-order valence-corrected chi connectivity index (χ0v) is 93.6. The van der Waals surface area contributed by atoms with Crippen molar-refractivity contribution in [3.63, 3.8) is 0 Å².